The van der Waals surface area contributed by atoms with Crippen LogP contribution in [0.2, 0.25) is 0 Å². The van der Waals surface area contributed by atoms with Crippen LogP contribution < -0.4 is 10.5 Å². The largest absolute Gasteiger partial charge is 0.382 e. The van der Waals surface area contributed by atoms with Crippen molar-refractivity contribution in [3.8, 4) is 0 Å². The highest BCUT2D eigenvalue weighted by molar-refractivity contribution is 9.10. The quantitative estimate of drug-likeness (QED) is 0.705. The summed E-state index contributed by atoms with van der Waals surface area (Å²) in [7, 11) is -0.598. The highest BCUT2D eigenvalue weighted by Crippen LogP contribution is 2.25. The van der Waals surface area contributed by atoms with Gasteiger partial charge in [0.15, 0.2) is 0 Å². The lowest BCUT2D eigenvalue weighted by atomic mass is 10.1. The monoisotopic (exact) mass is 380 g/mol. The van der Waals surface area contributed by atoms with Gasteiger partial charge in [0.25, 0.3) is 0 Å². The molecule has 6 nitrogen and oxygen atoms in total. The minimum Gasteiger partial charge on any atom is -0.382 e. The van der Waals surface area contributed by atoms with Crippen LogP contribution >= 0.6 is 15.9 Å². The maximum absolute atomic E-state index is 12.4. The summed E-state index contributed by atoms with van der Waals surface area (Å²) in [5.41, 5.74) is 6.97. The molecule has 8 heteroatoms. The van der Waals surface area contributed by atoms with Gasteiger partial charge in [-0.3, -0.25) is 0 Å². The van der Waals surface area contributed by atoms with Crippen molar-refractivity contribution in [1.29, 1.82) is 0 Å². The SMILES string of the molecule is COCC(CNS(=O)(=O)c1cc(CN)cc(Br)c1C)OC. The van der Waals surface area contributed by atoms with E-state index in [0.29, 0.717) is 16.6 Å². The lowest BCUT2D eigenvalue weighted by Gasteiger charge is -2.17. The molecule has 1 aromatic rings. The number of hydrogen-bond acceptors (Lipinski definition) is 5. The number of halogens is 1. The summed E-state index contributed by atoms with van der Waals surface area (Å²) in [5, 5.41) is 0. The Morgan fingerprint density at radius 3 is 2.57 bits per heavy atom. The number of methoxy groups -OCH3 is 2. The van der Waals surface area contributed by atoms with Crippen LogP contribution in [0.1, 0.15) is 11.1 Å². The normalized spacial score (nSPS) is 13.4. The van der Waals surface area contributed by atoms with Gasteiger partial charge in [-0.25, -0.2) is 13.1 Å². The maximum Gasteiger partial charge on any atom is 0.240 e. The summed E-state index contributed by atoms with van der Waals surface area (Å²) in [5.74, 6) is 0. The minimum absolute atomic E-state index is 0.136. The summed E-state index contributed by atoms with van der Waals surface area (Å²) in [4.78, 5) is 0.213. The average Bonchev–Trinajstić information content (AvgIpc) is 2.45. The van der Waals surface area contributed by atoms with Crippen molar-refractivity contribution >= 4 is 26.0 Å². The second kappa shape index (κ2) is 8.21. The molecule has 1 aromatic carbocycles. The fourth-order valence-corrected chi connectivity index (χ4v) is 3.80. The summed E-state index contributed by atoms with van der Waals surface area (Å²) in [6, 6.07) is 3.40. The maximum atomic E-state index is 12.4. The molecule has 0 aliphatic carbocycles. The molecular formula is C13H21BrN2O4S. The first-order valence-electron chi connectivity index (χ1n) is 6.36. The third-order valence-corrected chi connectivity index (χ3v) is 5.44. The van der Waals surface area contributed by atoms with Crippen LogP contribution in [0.15, 0.2) is 21.5 Å². The Labute approximate surface area is 134 Å². The van der Waals surface area contributed by atoms with E-state index in [1.807, 2.05) is 6.07 Å². The molecule has 21 heavy (non-hydrogen) atoms. The average molecular weight is 381 g/mol. The van der Waals surface area contributed by atoms with E-state index >= 15 is 0 Å². The molecule has 0 aromatic heterocycles. The number of benzene rings is 1. The van der Waals surface area contributed by atoms with Crippen molar-refractivity contribution in [1.82, 2.24) is 4.72 Å². The van der Waals surface area contributed by atoms with Gasteiger partial charge in [0.2, 0.25) is 10.0 Å². The zero-order chi connectivity index (χ0) is 16.0. The smallest absolute Gasteiger partial charge is 0.240 e. The predicted molar refractivity (Wildman–Crippen MR) is 84.6 cm³/mol. The number of hydrogen-bond donors (Lipinski definition) is 2. The van der Waals surface area contributed by atoms with Gasteiger partial charge in [0.1, 0.15) is 0 Å². The van der Waals surface area contributed by atoms with Gasteiger partial charge < -0.3 is 15.2 Å². The van der Waals surface area contributed by atoms with Crippen molar-refractivity contribution in [3.05, 3.63) is 27.7 Å². The van der Waals surface area contributed by atoms with Crippen molar-refractivity contribution in [2.24, 2.45) is 5.73 Å². The van der Waals surface area contributed by atoms with E-state index in [-0.39, 0.29) is 24.1 Å². The van der Waals surface area contributed by atoms with Crippen LogP contribution in [0.3, 0.4) is 0 Å². The minimum atomic E-state index is -3.64. The molecule has 0 saturated heterocycles. The molecule has 0 saturated carbocycles. The molecule has 0 aliphatic heterocycles. The molecule has 1 rings (SSSR count). The number of nitrogens with two attached hydrogens (primary N) is 1. The predicted octanol–water partition coefficient (Wildman–Crippen LogP) is 1.16. The molecule has 0 spiro atoms. The second-order valence-corrected chi connectivity index (χ2v) is 7.16. The number of ether oxygens (including phenoxy) is 2. The molecule has 0 fully saturated rings. The van der Waals surface area contributed by atoms with E-state index in [4.69, 9.17) is 15.2 Å². The highest BCUT2D eigenvalue weighted by atomic mass is 79.9. The van der Waals surface area contributed by atoms with Crippen LogP contribution in [0.5, 0.6) is 0 Å². The third-order valence-electron chi connectivity index (χ3n) is 3.07. The number of rotatable bonds is 8. The Hall–Kier alpha value is -0.510. The molecular weight excluding hydrogens is 360 g/mol. The first-order chi connectivity index (χ1) is 9.85. The van der Waals surface area contributed by atoms with Crippen LogP contribution in [0, 0.1) is 6.92 Å². The first kappa shape index (κ1) is 18.5. The van der Waals surface area contributed by atoms with Gasteiger partial charge in [0.05, 0.1) is 17.6 Å². The van der Waals surface area contributed by atoms with E-state index < -0.39 is 10.0 Å². The molecule has 3 N–H and O–H groups in total. The van der Waals surface area contributed by atoms with Gasteiger partial charge >= 0.3 is 0 Å². The Morgan fingerprint density at radius 2 is 2.05 bits per heavy atom. The standard InChI is InChI=1S/C13H21BrN2O4S/c1-9-12(14)4-10(6-15)5-13(9)21(17,18)16-7-11(20-3)8-19-2/h4-5,11,16H,6-8,15H2,1-3H3. The van der Waals surface area contributed by atoms with Crippen molar-refractivity contribution in [3.63, 3.8) is 0 Å². The zero-order valence-electron chi connectivity index (χ0n) is 12.3. The zero-order valence-corrected chi connectivity index (χ0v) is 14.8. The van der Waals surface area contributed by atoms with Crippen LogP contribution in [0.25, 0.3) is 0 Å². The van der Waals surface area contributed by atoms with Crippen molar-refractivity contribution < 1.29 is 17.9 Å². The summed E-state index contributed by atoms with van der Waals surface area (Å²) in [6.45, 7) is 2.45. The number of nitrogens with one attached hydrogen (secondary N) is 1. The highest BCUT2D eigenvalue weighted by Gasteiger charge is 2.20. The lowest BCUT2D eigenvalue weighted by Crippen LogP contribution is -2.36. The fourth-order valence-electron chi connectivity index (χ4n) is 1.78. The van der Waals surface area contributed by atoms with Gasteiger partial charge in [-0.05, 0) is 30.2 Å². The molecule has 0 radical (unpaired) electrons. The van der Waals surface area contributed by atoms with E-state index in [1.165, 1.54) is 14.2 Å². The van der Waals surface area contributed by atoms with E-state index in [2.05, 4.69) is 20.7 Å². The number of sulfonamides is 1. The van der Waals surface area contributed by atoms with E-state index in [1.54, 1.807) is 13.0 Å². The Kier molecular flexibility index (Phi) is 7.25. The molecule has 0 amide bonds. The summed E-state index contributed by atoms with van der Waals surface area (Å²) < 4.78 is 38.2. The van der Waals surface area contributed by atoms with Gasteiger partial charge in [-0.2, -0.15) is 0 Å². The first-order valence-corrected chi connectivity index (χ1v) is 8.63. The molecule has 0 heterocycles. The van der Waals surface area contributed by atoms with E-state index in [0.717, 1.165) is 5.56 Å². The Balaban J connectivity index is 3.00. The molecule has 0 bridgehead atoms. The fraction of sp³-hybridized carbons (Fsp3) is 0.538. The van der Waals surface area contributed by atoms with Crippen LogP contribution in [0.4, 0.5) is 0 Å². The Morgan fingerprint density at radius 1 is 1.38 bits per heavy atom. The molecule has 0 aliphatic rings. The van der Waals surface area contributed by atoms with Crippen molar-refractivity contribution in [2.75, 3.05) is 27.4 Å². The van der Waals surface area contributed by atoms with Gasteiger partial charge in [-0.1, -0.05) is 15.9 Å². The Bertz CT molecular complexity index is 578. The third kappa shape index (κ3) is 5.01. The van der Waals surface area contributed by atoms with Crippen LogP contribution in [-0.2, 0) is 26.0 Å². The summed E-state index contributed by atoms with van der Waals surface area (Å²) >= 11 is 3.36. The molecule has 120 valence electrons. The van der Waals surface area contributed by atoms with Gasteiger partial charge in [0, 0.05) is 31.8 Å². The van der Waals surface area contributed by atoms with Crippen molar-refractivity contribution in [2.45, 2.75) is 24.5 Å². The summed E-state index contributed by atoms with van der Waals surface area (Å²) in [6.07, 6.45) is -0.341. The van der Waals surface area contributed by atoms with Crippen LogP contribution in [-0.4, -0.2) is 41.9 Å². The lowest BCUT2D eigenvalue weighted by molar-refractivity contribution is 0.0320. The van der Waals surface area contributed by atoms with E-state index in [9.17, 15) is 8.42 Å². The molecule has 1 unspecified atom stereocenters. The topological polar surface area (TPSA) is 90.7 Å². The molecule has 1 atom stereocenters. The second-order valence-electron chi connectivity index (χ2n) is 4.57. The van der Waals surface area contributed by atoms with Gasteiger partial charge in [-0.15, -0.1) is 0 Å².